The number of hydrogen-bond acceptors (Lipinski definition) is 13. The maximum absolute atomic E-state index is 13.2. The molecule has 1 fully saturated rings. The van der Waals surface area contributed by atoms with Crippen LogP contribution in [0.5, 0.6) is 0 Å². The first kappa shape index (κ1) is 38.1. The molecule has 6 atom stereocenters. The highest BCUT2D eigenvalue weighted by atomic mass is 16.7. The fourth-order valence-electron chi connectivity index (χ4n) is 5.30. The molecule has 1 saturated heterocycles. The molecule has 1 heterocycles. The number of carbonyl (C=O) groups is 7. The van der Waals surface area contributed by atoms with Gasteiger partial charge in [0.2, 0.25) is 5.91 Å². The quantitative estimate of drug-likeness (QED) is 0.188. The van der Waals surface area contributed by atoms with Crippen LogP contribution in [0.2, 0.25) is 0 Å². The Labute approximate surface area is 281 Å². The third-order valence-corrected chi connectivity index (χ3v) is 7.19. The highest BCUT2D eigenvalue weighted by Gasteiger charge is 2.59. The second kappa shape index (κ2) is 17.2. The number of carboxylic acids is 1. The van der Waals surface area contributed by atoms with E-state index < -0.39 is 97.5 Å². The van der Waals surface area contributed by atoms with E-state index in [1.807, 2.05) is 30.3 Å². The molecule has 2 aromatic carbocycles. The van der Waals surface area contributed by atoms with Gasteiger partial charge in [-0.1, -0.05) is 42.5 Å². The predicted molar refractivity (Wildman–Crippen MR) is 166 cm³/mol. The van der Waals surface area contributed by atoms with E-state index in [2.05, 4.69) is 10.6 Å². The highest BCUT2D eigenvalue weighted by molar-refractivity contribution is 5.94. The summed E-state index contributed by atoms with van der Waals surface area (Å²) in [6.07, 6.45) is -7.18. The SMILES string of the molecule is COC(=O)[C@@]1(OCC(=O)O)C[C@@H](OC(C)=O)[C@@H](NC(C)=O)C([C@H](OC(C)=O)[C@@H](CNC(=O)c2ccc(-c3ccccc3)cc2)OC(C)=O)O1. The van der Waals surface area contributed by atoms with E-state index >= 15 is 0 Å². The minimum Gasteiger partial charge on any atom is -0.480 e. The lowest BCUT2D eigenvalue weighted by atomic mass is 9.87. The summed E-state index contributed by atoms with van der Waals surface area (Å²) in [5.74, 6) is -9.33. The molecule has 1 unspecified atom stereocenters. The number of esters is 4. The normalized spacial score (nSPS) is 21.2. The van der Waals surface area contributed by atoms with Crippen molar-refractivity contribution in [2.24, 2.45) is 0 Å². The smallest absolute Gasteiger partial charge is 0.366 e. The van der Waals surface area contributed by atoms with Gasteiger partial charge in [0.1, 0.15) is 18.8 Å². The van der Waals surface area contributed by atoms with Crippen LogP contribution in [0.4, 0.5) is 0 Å². The zero-order valence-corrected chi connectivity index (χ0v) is 27.5. The molecule has 0 saturated carbocycles. The minimum atomic E-state index is -2.59. The molecule has 16 nitrogen and oxygen atoms in total. The van der Waals surface area contributed by atoms with Gasteiger partial charge >= 0.3 is 29.8 Å². The summed E-state index contributed by atoms with van der Waals surface area (Å²) in [4.78, 5) is 87.2. The van der Waals surface area contributed by atoms with Crippen LogP contribution in [0.15, 0.2) is 54.6 Å². The Hall–Kier alpha value is -5.35. The molecule has 0 bridgehead atoms. The van der Waals surface area contributed by atoms with Crippen molar-refractivity contribution in [2.45, 2.75) is 70.4 Å². The Morgan fingerprint density at radius 1 is 0.878 bits per heavy atom. The first-order valence-electron chi connectivity index (χ1n) is 15.0. The molecule has 264 valence electrons. The molecule has 3 rings (SSSR count). The van der Waals surface area contributed by atoms with Crippen molar-refractivity contribution in [2.75, 3.05) is 20.3 Å². The number of nitrogens with one attached hydrogen (secondary N) is 2. The van der Waals surface area contributed by atoms with E-state index in [9.17, 15) is 38.7 Å². The van der Waals surface area contributed by atoms with Crippen molar-refractivity contribution in [1.29, 1.82) is 0 Å². The molecule has 0 aromatic heterocycles. The van der Waals surface area contributed by atoms with E-state index in [-0.39, 0.29) is 5.56 Å². The van der Waals surface area contributed by atoms with Gasteiger partial charge in [-0.3, -0.25) is 24.0 Å². The van der Waals surface area contributed by atoms with Crippen LogP contribution in [-0.2, 0) is 57.2 Å². The van der Waals surface area contributed by atoms with Crippen molar-refractivity contribution in [3.05, 3.63) is 60.2 Å². The molecule has 49 heavy (non-hydrogen) atoms. The van der Waals surface area contributed by atoms with Crippen LogP contribution >= 0.6 is 0 Å². The predicted octanol–water partition coefficient (Wildman–Crippen LogP) is 1.14. The standard InChI is InChI=1S/C33H38N2O14/c1-18(36)35-28-25(46-19(2)37)15-33(32(43)44-5,45-17-27(40)41)49-30(28)29(48-21(4)39)26(47-20(3)38)16-34-31(42)24-13-11-23(12-14-24)22-9-7-6-8-10-22/h6-14,25-26,28-30H,15-17H2,1-5H3,(H,34,42)(H,35,36)(H,40,41)/t25-,26-,28-,29-,30?,33-/m1/s1. The number of carbonyl (C=O) groups excluding carboxylic acids is 6. The second-order valence-electron chi connectivity index (χ2n) is 11.0. The summed E-state index contributed by atoms with van der Waals surface area (Å²) >= 11 is 0. The maximum Gasteiger partial charge on any atom is 0.366 e. The minimum absolute atomic E-state index is 0.233. The molecule has 0 aliphatic carbocycles. The third kappa shape index (κ3) is 10.6. The van der Waals surface area contributed by atoms with Crippen molar-refractivity contribution >= 4 is 41.7 Å². The molecule has 0 spiro atoms. The van der Waals surface area contributed by atoms with E-state index in [4.69, 9.17) is 28.4 Å². The van der Waals surface area contributed by atoms with Crippen LogP contribution in [-0.4, -0.2) is 103 Å². The van der Waals surface area contributed by atoms with Gasteiger partial charge < -0.3 is 44.2 Å². The largest absolute Gasteiger partial charge is 0.480 e. The zero-order valence-electron chi connectivity index (χ0n) is 27.5. The Morgan fingerprint density at radius 2 is 1.49 bits per heavy atom. The molecule has 2 aromatic rings. The zero-order chi connectivity index (χ0) is 36.3. The highest BCUT2D eigenvalue weighted by Crippen LogP contribution is 2.37. The van der Waals surface area contributed by atoms with Gasteiger partial charge in [0.15, 0.2) is 12.2 Å². The molecule has 1 aliphatic rings. The summed E-state index contributed by atoms with van der Waals surface area (Å²) in [5.41, 5.74) is 2.01. The number of carboxylic acid groups (broad SMARTS) is 1. The lowest BCUT2D eigenvalue weighted by Gasteiger charge is -2.48. The second-order valence-corrected chi connectivity index (χ2v) is 11.0. The topological polar surface area (TPSA) is 219 Å². The van der Waals surface area contributed by atoms with Crippen LogP contribution in [0.1, 0.15) is 44.5 Å². The number of benzene rings is 2. The number of aliphatic carboxylic acids is 1. The Bertz CT molecular complexity index is 1530. The monoisotopic (exact) mass is 686 g/mol. The van der Waals surface area contributed by atoms with Gasteiger partial charge in [0.05, 0.1) is 26.1 Å². The lowest BCUT2D eigenvalue weighted by molar-refractivity contribution is -0.312. The molecule has 3 N–H and O–H groups in total. The van der Waals surface area contributed by atoms with Crippen LogP contribution in [0, 0.1) is 0 Å². The third-order valence-electron chi connectivity index (χ3n) is 7.19. The fourth-order valence-corrected chi connectivity index (χ4v) is 5.30. The summed E-state index contributed by atoms with van der Waals surface area (Å²) in [6.45, 7) is 2.64. The number of rotatable bonds is 14. The van der Waals surface area contributed by atoms with Crippen molar-refractivity contribution in [3.63, 3.8) is 0 Å². The summed E-state index contributed by atoms with van der Waals surface area (Å²) in [7, 11) is 0.959. The Morgan fingerprint density at radius 3 is 2.02 bits per heavy atom. The molecule has 2 amide bonds. The number of methoxy groups -OCH3 is 1. The first-order chi connectivity index (χ1) is 23.1. The molecule has 16 heteroatoms. The average Bonchev–Trinajstić information content (AvgIpc) is 3.05. The van der Waals surface area contributed by atoms with Crippen LogP contribution in [0.25, 0.3) is 11.1 Å². The summed E-state index contributed by atoms with van der Waals surface area (Å²) in [6, 6.07) is 14.7. The summed E-state index contributed by atoms with van der Waals surface area (Å²) < 4.78 is 32.7. The van der Waals surface area contributed by atoms with Gasteiger partial charge in [0, 0.05) is 33.3 Å². The van der Waals surface area contributed by atoms with Crippen LogP contribution in [0.3, 0.4) is 0 Å². The van der Waals surface area contributed by atoms with Crippen molar-refractivity contribution < 1.29 is 67.1 Å². The number of hydrogen-bond donors (Lipinski definition) is 3. The molecular formula is C33H38N2O14. The van der Waals surface area contributed by atoms with Crippen LogP contribution < -0.4 is 10.6 Å². The molecular weight excluding hydrogens is 648 g/mol. The van der Waals surface area contributed by atoms with Crippen molar-refractivity contribution in [1.82, 2.24) is 10.6 Å². The lowest BCUT2D eigenvalue weighted by Crippen LogP contribution is -2.69. The van der Waals surface area contributed by atoms with Crippen molar-refractivity contribution in [3.8, 4) is 11.1 Å². The maximum atomic E-state index is 13.2. The van der Waals surface area contributed by atoms with Gasteiger partial charge in [-0.25, -0.2) is 9.59 Å². The molecule has 0 radical (unpaired) electrons. The number of ether oxygens (including phenoxy) is 6. The van der Waals surface area contributed by atoms with E-state index in [0.717, 1.165) is 45.9 Å². The van der Waals surface area contributed by atoms with Gasteiger partial charge in [-0.15, -0.1) is 0 Å². The molecule has 1 aliphatic heterocycles. The van der Waals surface area contributed by atoms with E-state index in [1.54, 1.807) is 24.3 Å². The van der Waals surface area contributed by atoms with Gasteiger partial charge in [0.25, 0.3) is 11.7 Å². The Balaban J connectivity index is 2.05. The average molecular weight is 687 g/mol. The first-order valence-corrected chi connectivity index (χ1v) is 15.0. The van der Waals surface area contributed by atoms with E-state index in [0.29, 0.717) is 0 Å². The number of amides is 2. The summed E-state index contributed by atoms with van der Waals surface area (Å²) in [5, 5.41) is 14.5. The Kier molecular flexibility index (Phi) is 13.3. The van der Waals surface area contributed by atoms with Gasteiger partial charge in [-0.05, 0) is 23.3 Å². The van der Waals surface area contributed by atoms with Gasteiger partial charge in [-0.2, -0.15) is 0 Å². The fraction of sp³-hybridized carbons (Fsp3) is 0.424. The van der Waals surface area contributed by atoms with E-state index in [1.165, 1.54) is 0 Å².